The van der Waals surface area contributed by atoms with Gasteiger partial charge in [-0.1, -0.05) is 23.7 Å². The van der Waals surface area contributed by atoms with Crippen LogP contribution in [0.25, 0.3) is 6.08 Å². The van der Waals surface area contributed by atoms with Gasteiger partial charge in [0, 0.05) is 29.3 Å². The Bertz CT molecular complexity index is 1070. The van der Waals surface area contributed by atoms with Gasteiger partial charge in [0.05, 0.1) is 10.6 Å². The second-order valence-corrected chi connectivity index (χ2v) is 9.16. The van der Waals surface area contributed by atoms with Gasteiger partial charge in [0.15, 0.2) is 0 Å². The zero-order valence-electron chi connectivity index (χ0n) is 16.5. The summed E-state index contributed by atoms with van der Waals surface area (Å²) in [5.41, 5.74) is 3.14. The first-order valence-electron chi connectivity index (χ1n) is 8.94. The molecule has 0 bridgehead atoms. The number of nitrogens with zero attached hydrogens (tertiary/aromatic N) is 2. The minimum Gasteiger partial charge on any atom is -0.377 e. The van der Waals surface area contributed by atoms with Gasteiger partial charge in [0.1, 0.15) is 6.54 Å². The Balaban J connectivity index is 1.73. The number of thioether (sulfide) groups is 1. The molecule has 0 saturated carbocycles. The average Bonchev–Trinajstić information content (AvgIpc) is 2.92. The molecule has 0 aromatic heterocycles. The number of anilines is 2. The molecular weight excluding hydrogens is 490 g/mol. The molecule has 1 saturated heterocycles. The molecule has 1 aliphatic rings. The largest absolute Gasteiger partial charge is 0.377 e. The second kappa shape index (κ2) is 9.24. The molecule has 3 rings (SSSR count). The van der Waals surface area contributed by atoms with Gasteiger partial charge in [0.2, 0.25) is 5.91 Å². The van der Waals surface area contributed by atoms with Crippen LogP contribution in [0.3, 0.4) is 0 Å². The molecule has 0 radical (unpaired) electrons. The van der Waals surface area contributed by atoms with E-state index in [9.17, 15) is 14.4 Å². The average molecular weight is 509 g/mol. The smallest absolute Gasteiger partial charge is 0.294 e. The van der Waals surface area contributed by atoms with Gasteiger partial charge in [-0.05, 0) is 76.1 Å². The van der Waals surface area contributed by atoms with Gasteiger partial charge in [-0.15, -0.1) is 0 Å². The number of carbonyl (C=O) groups is 3. The standard InChI is InChI=1S/C21H19BrClN3O3S/c1-12-4-6-14(23)10-16(12)24-19(27)11-26-20(28)18(30-21(26)29)9-13-5-7-17(25(2)3)15(22)8-13/h4-10H,11H2,1-3H3,(H,24,27)/b18-9-. The van der Waals surface area contributed by atoms with Gasteiger partial charge in [0.25, 0.3) is 11.1 Å². The fourth-order valence-corrected chi connectivity index (χ4v) is 4.59. The maximum absolute atomic E-state index is 12.7. The zero-order chi connectivity index (χ0) is 22.0. The number of benzene rings is 2. The van der Waals surface area contributed by atoms with Crippen molar-refractivity contribution in [3.63, 3.8) is 0 Å². The number of hydrogen-bond acceptors (Lipinski definition) is 5. The lowest BCUT2D eigenvalue weighted by molar-refractivity contribution is -0.127. The summed E-state index contributed by atoms with van der Waals surface area (Å²) in [6.45, 7) is 1.46. The van der Waals surface area contributed by atoms with Crippen molar-refractivity contribution >= 4 is 73.8 Å². The molecule has 1 N–H and O–H groups in total. The molecule has 0 aliphatic carbocycles. The van der Waals surface area contributed by atoms with Crippen LogP contribution in [-0.2, 0) is 9.59 Å². The minimum absolute atomic E-state index is 0.274. The number of halogens is 2. The quantitative estimate of drug-likeness (QED) is 0.566. The van der Waals surface area contributed by atoms with E-state index >= 15 is 0 Å². The number of imide groups is 1. The van der Waals surface area contributed by atoms with Gasteiger partial charge in [-0.25, -0.2) is 0 Å². The van der Waals surface area contributed by atoms with Crippen LogP contribution in [0, 0.1) is 6.92 Å². The van der Waals surface area contributed by atoms with E-state index in [1.165, 1.54) is 0 Å². The molecule has 156 valence electrons. The predicted octanol–water partition coefficient (Wildman–Crippen LogP) is 5.15. The van der Waals surface area contributed by atoms with Crippen molar-refractivity contribution in [2.24, 2.45) is 0 Å². The van der Waals surface area contributed by atoms with Crippen LogP contribution in [0.5, 0.6) is 0 Å². The molecule has 1 fully saturated rings. The van der Waals surface area contributed by atoms with E-state index in [1.54, 1.807) is 24.3 Å². The van der Waals surface area contributed by atoms with Crippen molar-refractivity contribution in [2.75, 3.05) is 30.9 Å². The third kappa shape index (κ3) is 5.06. The van der Waals surface area contributed by atoms with Crippen molar-refractivity contribution in [1.29, 1.82) is 0 Å². The summed E-state index contributed by atoms with van der Waals surface area (Å²) in [7, 11) is 3.86. The molecule has 2 aromatic rings. The lowest BCUT2D eigenvalue weighted by atomic mass is 10.2. The highest BCUT2D eigenvalue weighted by molar-refractivity contribution is 9.10. The molecule has 3 amide bonds. The number of carbonyl (C=O) groups excluding carboxylic acids is 3. The zero-order valence-corrected chi connectivity index (χ0v) is 19.7. The maximum atomic E-state index is 12.7. The van der Waals surface area contributed by atoms with Gasteiger partial charge in [-0.2, -0.15) is 0 Å². The van der Waals surface area contributed by atoms with Gasteiger partial charge < -0.3 is 10.2 Å². The van der Waals surface area contributed by atoms with Gasteiger partial charge in [-0.3, -0.25) is 19.3 Å². The maximum Gasteiger partial charge on any atom is 0.294 e. The molecule has 30 heavy (non-hydrogen) atoms. The summed E-state index contributed by atoms with van der Waals surface area (Å²) in [6.07, 6.45) is 1.65. The fraction of sp³-hybridized carbons (Fsp3) is 0.190. The summed E-state index contributed by atoms with van der Waals surface area (Å²) in [4.78, 5) is 40.6. The van der Waals surface area contributed by atoms with Crippen molar-refractivity contribution in [2.45, 2.75) is 6.92 Å². The minimum atomic E-state index is -0.490. The fourth-order valence-electron chi connectivity index (χ4n) is 2.83. The van der Waals surface area contributed by atoms with Crippen LogP contribution in [0.1, 0.15) is 11.1 Å². The normalized spacial score (nSPS) is 15.1. The first-order chi connectivity index (χ1) is 14.2. The molecule has 0 spiro atoms. The Labute approximate surface area is 192 Å². The lowest BCUT2D eigenvalue weighted by Crippen LogP contribution is -2.36. The van der Waals surface area contributed by atoms with Crippen molar-refractivity contribution in [3.05, 3.63) is 61.9 Å². The highest BCUT2D eigenvalue weighted by Gasteiger charge is 2.36. The van der Waals surface area contributed by atoms with Crippen molar-refractivity contribution in [1.82, 2.24) is 4.90 Å². The summed E-state index contributed by atoms with van der Waals surface area (Å²) in [5, 5.41) is 2.70. The second-order valence-electron chi connectivity index (χ2n) is 6.88. The van der Waals surface area contributed by atoms with E-state index in [0.717, 1.165) is 37.9 Å². The van der Waals surface area contributed by atoms with Crippen LogP contribution in [0.4, 0.5) is 16.2 Å². The number of nitrogens with one attached hydrogen (secondary N) is 1. The van der Waals surface area contributed by atoms with E-state index in [2.05, 4.69) is 21.2 Å². The number of hydrogen-bond donors (Lipinski definition) is 1. The molecule has 2 aromatic carbocycles. The Morgan fingerprint density at radius 2 is 1.97 bits per heavy atom. The lowest BCUT2D eigenvalue weighted by Gasteiger charge is -2.15. The van der Waals surface area contributed by atoms with E-state index in [1.807, 2.05) is 44.1 Å². The van der Waals surface area contributed by atoms with Crippen LogP contribution in [-0.4, -0.2) is 42.6 Å². The van der Waals surface area contributed by atoms with E-state index in [0.29, 0.717) is 10.7 Å². The first-order valence-corrected chi connectivity index (χ1v) is 10.9. The summed E-state index contributed by atoms with van der Waals surface area (Å²) < 4.78 is 0.872. The van der Waals surface area contributed by atoms with Crippen molar-refractivity contribution < 1.29 is 14.4 Å². The van der Waals surface area contributed by atoms with E-state index in [4.69, 9.17) is 11.6 Å². The van der Waals surface area contributed by atoms with Crippen LogP contribution in [0.15, 0.2) is 45.8 Å². The Hall–Kier alpha value is -2.29. The summed E-state index contributed by atoms with van der Waals surface area (Å²) in [6, 6.07) is 10.8. The molecule has 0 atom stereocenters. The third-order valence-corrected chi connectivity index (χ3v) is 6.18. The summed E-state index contributed by atoms with van der Waals surface area (Å²) in [5.74, 6) is -0.960. The number of rotatable bonds is 5. The molecule has 1 aliphatic heterocycles. The highest BCUT2D eigenvalue weighted by atomic mass is 79.9. The van der Waals surface area contributed by atoms with Crippen molar-refractivity contribution in [3.8, 4) is 0 Å². The Morgan fingerprint density at radius 3 is 2.63 bits per heavy atom. The molecule has 6 nitrogen and oxygen atoms in total. The number of aryl methyl sites for hydroxylation is 1. The van der Waals surface area contributed by atoms with E-state index < -0.39 is 17.1 Å². The monoisotopic (exact) mass is 507 g/mol. The predicted molar refractivity (Wildman–Crippen MR) is 126 cm³/mol. The Kier molecular flexibility index (Phi) is 6.90. The Morgan fingerprint density at radius 1 is 1.23 bits per heavy atom. The highest BCUT2D eigenvalue weighted by Crippen LogP contribution is 2.34. The topological polar surface area (TPSA) is 69.7 Å². The number of amides is 3. The van der Waals surface area contributed by atoms with Gasteiger partial charge >= 0.3 is 0 Å². The molecule has 0 unspecified atom stereocenters. The summed E-state index contributed by atoms with van der Waals surface area (Å²) >= 11 is 10.3. The van der Waals surface area contributed by atoms with Crippen LogP contribution >= 0.6 is 39.3 Å². The van der Waals surface area contributed by atoms with Crippen LogP contribution in [0.2, 0.25) is 5.02 Å². The molecule has 9 heteroatoms. The first kappa shape index (κ1) is 22.4. The van der Waals surface area contributed by atoms with Crippen LogP contribution < -0.4 is 10.2 Å². The SMILES string of the molecule is Cc1ccc(Cl)cc1NC(=O)CN1C(=O)S/C(=C\c2ccc(N(C)C)c(Br)c2)C1=O. The molecular formula is C21H19BrClN3O3S. The van der Waals surface area contributed by atoms with E-state index in [-0.39, 0.29) is 11.4 Å². The third-order valence-electron chi connectivity index (χ3n) is 4.40. The molecule has 1 heterocycles.